The molecule has 30 valence electrons. The van der Waals surface area contributed by atoms with E-state index >= 15 is 0 Å². The highest BCUT2D eigenvalue weighted by molar-refractivity contribution is 5.28. The molecule has 1 aromatic rings. The Labute approximate surface area is 33.9 Å². The highest BCUT2D eigenvalue weighted by atomic mass is 16.6. The van der Waals surface area contributed by atoms with Crippen molar-refractivity contribution in [2.24, 2.45) is 0 Å². The minimum Gasteiger partial charge on any atom is -0.244 e. The van der Waals surface area contributed by atoms with E-state index in [0.29, 0.717) is 0 Å². The van der Waals surface area contributed by atoms with Gasteiger partial charge in [0.25, 0.3) is 0 Å². The molecule has 1 heterocycles. The van der Waals surface area contributed by atoms with Crippen LogP contribution in [0.1, 0.15) is 11.4 Å². The molecule has 0 aliphatic heterocycles. The first-order chi connectivity index (χ1) is 2.97. The van der Waals surface area contributed by atoms with Gasteiger partial charge >= 0.3 is 0 Å². The Balaban J connectivity index is 2.88. The number of hydrogen-bond acceptors (Lipinski definition) is 3. The Hall–Kier alpha value is -0.860. The summed E-state index contributed by atoms with van der Waals surface area (Å²) in [5.41, 5.74) is 2.05. The van der Waals surface area contributed by atoms with Gasteiger partial charge in [-0.1, -0.05) is 10.3 Å². The van der Waals surface area contributed by atoms with Gasteiger partial charge in [0.05, 0.1) is 0 Å². The molecule has 0 saturated carbocycles. The summed E-state index contributed by atoms with van der Waals surface area (Å²) in [6.45, 7) is 0. The summed E-state index contributed by atoms with van der Waals surface area (Å²) in [4.78, 5) is 0. The first-order valence-electron chi connectivity index (χ1n) is 1.77. The fourth-order valence-corrected chi connectivity index (χ4v) is 0.403. The minimum absolute atomic E-state index is 0.958. The third-order valence-corrected chi connectivity index (χ3v) is 0.845. The van der Waals surface area contributed by atoms with Gasteiger partial charge in [-0.05, 0) is 0 Å². The second-order valence-corrected chi connectivity index (χ2v) is 1.33. The largest absolute Gasteiger partial charge is 0.244 e. The number of hydrogen-bond donors (Lipinski definition) is 0. The van der Waals surface area contributed by atoms with Crippen molar-refractivity contribution in [2.75, 3.05) is 0 Å². The molecule has 0 spiro atoms. The lowest BCUT2D eigenvalue weighted by Gasteiger charge is -1.58. The Bertz CT molecular complexity index is 153. The van der Waals surface area contributed by atoms with Crippen molar-refractivity contribution in [3.63, 3.8) is 0 Å². The summed E-state index contributed by atoms with van der Waals surface area (Å²) in [5, 5.41) is 7.05. The topological polar surface area (TPSA) is 38.9 Å². The van der Waals surface area contributed by atoms with E-state index < -0.39 is 0 Å². The number of rotatable bonds is 0. The summed E-state index contributed by atoms with van der Waals surface area (Å²) in [6.07, 6.45) is 0.958. The molecule has 0 N–H and O–H groups in total. The van der Waals surface area contributed by atoms with Crippen molar-refractivity contribution in [3.8, 4) is 0 Å². The van der Waals surface area contributed by atoms with E-state index in [2.05, 4.69) is 14.9 Å². The average molecular weight is 82.1 g/mol. The van der Waals surface area contributed by atoms with Crippen molar-refractivity contribution >= 4 is 0 Å². The zero-order chi connectivity index (χ0) is 3.98. The van der Waals surface area contributed by atoms with Crippen LogP contribution in [-0.2, 0) is 6.42 Å². The van der Waals surface area contributed by atoms with Gasteiger partial charge in [-0.2, -0.15) is 0 Å². The van der Waals surface area contributed by atoms with Crippen molar-refractivity contribution < 1.29 is 4.63 Å². The SMILES string of the molecule is C1c2nonc21. The summed E-state index contributed by atoms with van der Waals surface area (Å²) in [5.74, 6) is 0. The van der Waals surface area contributed by atoms with Gasteiger partial charge in [0.2, 0.25) is 0 Å². The normalized spacial score (nSPS) is 14.0. The Morgan fingerprint density at radius 3 is 2.17 bits per heavy atom. The summed E-state index contributed by atoms with van der Waals surface area (Å²) in [6, 6.07) is 0. The van der Waals surface area contributed by atoms with Crippen LogP contribution in [0.4, 0.5) is 0 Å². The standard InChI is InChI=1S/C3H2N2O/c1-2-3(1)5-6-4-2/h1H2. The Morgan fingerprint density at radius 1 is 1.33 bits per heavy atom. The first-order valence-corrected chi connectivity index (χ1v) is 1.77. The molecule has 2 rings (SSSR count). The predicted molar refractivity (Wildman–Crippen MR) is 17.1 cm³/mol. The van der Waals surface area contributed by atoms with Crippen LogP contribution < -0.4 is 0 Å². The molecule has 0 bridgehead atoms. The summed E-state index contributed by atoms with van der Waals surface area (Å²) in [7, 11) is 0. The first kappa shape index (κ1) is 2.34. The van der Waals surface area contributed by atoms with Gasteiger partial charge < -0.3 is 0 Å². The van der Waals surface area contributed by atoms with E-state index in [1.54, 1.807) is 0 Å². The maximum absolute atomic E-state index is 4.28. The number of fused-ring (bicyclic) bond motifs is 1. The van der Waals surface area contributed by atoms with Crippen LogP contribution in [0.2, 0.25) is 0 Å². The van der Waals surface area contributed by atoms with Gasteiger partial charge in [-0.25, -0.2) is 4.63 Å². The molecule has 1 aliphatic carbocycles. The van der Waals surface area contributed by atoms with E-state index in [0.717, 1.165) is 17.8 Å². The zero-order valence-electron chi connectivity index (χ0n) is 3.01. The van der Waals surface area contributed by atoms with Gasteiger partial charge in [0, 0.05) is 6.42 Å². The van der Waals surface area contributed by atoms with Crippen LogP contribution in [0.15, 0.2) is 4.63 Å². The predicted octanol–water partition coefficient (Wildman–Crippen LogP) is -0.0262. The molecule has 0 radical (unpaired) electrons. The average Bonchev–Trinajstić information content (AvgIpc) is 2.17. The summed E-state index contributed by atoms with van der Waals surface area (Å²) >= 11 is 0. The van der Waals surface area contributed by atoms with E-state index in [1.165, 1.54) is 0 Å². The number of nitrogens with zero attached hydrogens (tertiary/aromatic N) is 2. The van der Waals surface area contributed by atoms with Crippen molar-refractivity contribution in [1.29, 1.82) is 0 Å². The monoisotopic (exact) mass is 82.0 g/mol. The lowest BCUT2D eigenvalue weighted by Crippen LogP contribution is -1.60. The van der Waals surface area contributed by atoms with Crippen molar-refractivity contribution in [3.05, 3.63) is 11.4 Å². The van der Waals surface area contributed by atoms with Crippen molar-refractivity contribution in [1.82, 2.24) is 10.3 Å². The Kier molecular flexibility index (Phi) is 0.190. The highest BCUT2D eigenvalue weighted by Crippen LogP contribution is 2.20. The van der Waals surface area contributed by atoms with Crippen LogP contribution >= 0.6 is 0 Å². The third kappa shape index (κ3) is 0.116. The lowest BCUT2D eigenvalue weighted by molar-refractivity contribution is 0.294. The van der Waals surface area contributed by atoms with Crippen LogP contribution in [0.3, 0.4) is 0 Å². The molecule has 0 amide bonds. The maximum Gasteiger partial charge on any atom is 0.114 e. The molecule has 1 aliphatic rings. The quantitative estimate of drug-likeness (QED) is 0.448. The molecular formula is C3H2N2O. The molecule has 3 nitrogen and oxygen atoms in total. The molecule has 3 heteroatoms. The third-order valence-electron chi connectivity index (χ3n) is 0.845. The molecule has 6 heavy (non-hydrogen) atoms. The van der Waals surface area contributed by atoms with Crippen LogP contribution in [0.25, 0.3) is 0 Å². The highest BCUT2D eigenvalue weighted by Gasteiger charge is 2.23. The van der Waals surface area contributed by atoms with E-state index in [1.807, 2.05) is 0 Å². The fraction of sp³-hybridized carbons (Fsp3) is 0.333. The van der Waals surface area contributed by atoms with E-state index in [-0.39, 0.29) is 0 Å². The molecular weight excluding hydrogens is 80.0 g/mol. The van der Waals surface area contributed by atoms with Gasteiger partial charge in [0.15, 0.2) is 0 Å². The van der Waals surface area contributed by atoms with Crippen molar-refractivity contribution in [2.45, 2.75) is 6.42 Å². The molecule has 0 fully saturated rings. The van der Waals surface area contributed by atoms with Gasteiger partial charge in [-0.15, -0.1) is 0 Å². The summed E-state index contributed by atoms with van der Waals surface area (Å²) < 4.78 is 4.28. The number of aromatic nitrogens is 2. The minimum atomic E-state index is 0.958. The van der Waals surface area contributed by atoms with Gasteiger partial charge in [0.1, 0.15) is 11.4 Å². The molecule has 0 saturated heterocycles. The fourth-order valence-electron chi connectivity index (χ4n) is 0.403. The van der Waals surface area contributed by atoms with E-state index in [4.69, 9.17) is 0 Å². The zero-order valence-corrected chi connectivity index (χ0v) is 3.01. The van der Waals surface area contributed by atoms with Crippen LogP contribution in [-0.4, -0.2) is 10.3 Å². The molecule has 0 unspecified atom stereocenters. The van der Waals surface area contributed by atoms with Gasteiger partial charge in [-0.3, -0.25) is 0 Å². The van der Waals surface area contributed by atoms with Crippen LogP contribution in [0, 0.1) is 0 Å². The molecule has 0 aromatic carbocycles. The molecule has 1 aromatic heterocycles. The van der Waals surface area contributed by atoms with Crippen LogP contribution in [0.5, 0.6) is 0 Å². The maximum atomic E-state index is 4.28. The second kappa shape index (κ2) is 0.489. The smallest absolute Gasteiger partial charge is 0.114 e. The second-order valence-electron chi connectivity index (χ2n) is 1.33. The Morgan fingerprint density at radius 2 is 2.00 bits per heavy atom. The lowest BCUT2D eigenvalue weighted by atomic mass is 10.9. The molecule has 0 atom stereocenters. The van der Waals surface area contributed by atoms with E-state index in [9.17, 15) is 0 Å².